The molecular weight excluding hydrogens is 293 g/mol. The van der Waals surface area contributed by atoms with Crippen molar-refractivity contribution in [2.24, 2.45) is 5.73 Å². The van der Waals surface area contributed by atoms with Crippen molar-refractivity contribution in [3.63, 3.8) is 0 Å². The monoisotopic (exact) mass is 306 g/mol. The van der Waals surface area contributed by atoms with Crippen LogP contribution >= 0.6 is 0 Å². The van der Waals surface area contributed by atoms with Gasteiger partial charge in [-0.1, -0.05) is 47.7 Å². The third-order valence-electron chi connectivity index (χ3n) is 3.47. The number of alkyl halides is 3. The van der Waals surface area contributed by atoms with Crippen LogP contribution in [0, 0.1) is 0 Å². The van der Waals surface area contributed by atoms with Gasteiger partial charge in [-0.2, -0.15) is 13.2 Å². The number of hydrogen-bond acceptors (Lipinski definition) is 3. The molecule has 114 valence electrons. The van der Waals surface area contributed by atoms with E-state index in [1.54, 1.807) is 6.07 Å². The smallest absolute Gasteiger partial charge is 0.325 e. The Balaban J connectivity index is 2.08. The molecule has 0 radical (unpaired) electrons. The molecule has 0 fully saturated rings. The maximum absolute atomic E-state index is 13.2. The van der Waals surface area contributed by atoms with Crippen molar-refractivity contribution >= 4 is 10.8 Å². The molecule has 22 heavy (non-hydrogen) atoms. The van der Waals surface area contributed by atoms with Crippen molar-refractivity contribution in [2.45, 2.75) is 19.3 Å². The molecule has 0 saturated heterocycles. The standard InChI is InChI=1S/C15H13F3N4/c16-15(17,18)14-13(8-19)20-21-22(14)9-11-6-3-5-10-4-1-2-7-12(10)11/h1-7H,8-9,19H2. The van der Waals surface area contributed by atoms with Crippen LogP contribution in [0.2, 0.25) is 0 Å². The van der Waals surface area contributed by atoms with Gasteiger partial charge in [0.2, 0.25) is 0 Å². The molecule has 0 unspecified atom stereocenters. The Hall–Kier alpha value is -2.41. The van der Waals surface area contributed by atoms with Crippen molar-refractivity contribution in [1.82, 2.24) is 15.0 Å². The molecule has 1 heterocycles. The summed E-state index contributed by atoms with van der Waals surface area (Å²) in [6.07, 6.45) is -4.54. The first-order valence-corrected chi connectivity index (χ1v) is 6.67. The summed E-state index contributed by atoms with van der Waals surface area (Å²) in [7, 11) is 0. The summed E-state index contributed by atoms with van der Waals surface area (Å²) in [5, 5.41) is 9.02. The summed E-state index contributed by atoms with van der Waals surface area (Å²) >= 11 is 0. The first kappa shape index (κ1) is 14.5. The summed E-state index contributed by atoms with van der Waals surface area (Å²) in [6, 6.07) is 13.0. The summed E-state index contributed by atoms with van der Waals surface area (Å²) in [5.74, 6) is 0. The Kier molecular flexibility index (Phi) is 3.58. The fraction of sp³-hybridized carbons (Fsp3) is 0.200. The van der Waals surface area contributed by atoms with Crippen LogP contribution < -0.4 is 5.73 Å². The number of nitrogens with zero attached hydrogens (tertiary/aromatic N) is 3. The van der Waals surface area contributed by atoms with Crippen molar-refractivity contribution in [1.29, 1.82) is 0 Å². The van der Waals surface area contributed by atoms with Gasteiger partial charge in [-0.15, -0.1) is 5.10 Å². The van der Waals surface area contributed by atoms with E-state index in [0.717, 1.165) is 21.0 Å². The second kappa shape index (κ2) is 5.42. The van der Waals surface area contributed by atoms with Crippen LogP contribution in [0.15, 0.2) is 42.5 Å². The molecule has 0 amide bonds. The minimum Gasteiger partial charge on any atom is -0.325 e. The van der Waals surface area contributed by atoms with E-state index >= 15 is 0 Å². The van der Waals surface area contributed by atoms with Gasteiger partial charge < -0.3 is 5.73 Å². The van der Waals surface area contributed by atoms with E-state index < -0.39 is 11.9 Å². The lowest BCUT2D eigenvalue weighted by Crippen LogP contribution is -2.18. The molecular formula is C15H13F3N4. The average Bonchev–Trinajstić information content (AvgIpc) is 2.90. The molecule has 2 aromatic carbocycles. The molecule has 1 aromatic heterocycles. The second-order valence-corrected chi connectivity index (χ2v) is 4.88. The summed E-state index contributed by atoms with van der Waals surface area (Å²) in [4.78, 5) is 0. The van der Waals surface area contributed by atoms with Crippen molar-refractivity contribution < 1.29 is 13.2 Å². The van der Waals surface area contributed by atoms with Crippen LogP contribution in [-0.2, 0) is 19.3 Å². The molecule has 3 aromatic rings. The number of hydrogen-bond donors (Lipinski definition) is 1. The predicted molar refractivity (Wildman–Crippen MR) is 76.0 cm³/mol. The minimum absolute atomic E-state index is 0.0107. The fourth-order valence-corrected chi connectivity index (χ4v) is 2.50. The van der Waals surface area contributed by atoms with Crippen molar-refractivity contribution in [3.8, 4) is 0 Å². The highest BCUT2D eigenvalue weighted by atomic mass is 19.4. The normalized spacial score (nSPS) is 12.0. The van der Waals surface area contributed by atoms with Gasteiger partial charge in [-0.05, 0) is 16.3 Å². The highest BCUT2D eigenvalue weighted by Crippen LogP contribution is 2.31. The lowest BCUT2D eigenvalue weighted by atomic mass is 10.0. The van der Waals surface area contributed by atoms with Gasteiger partial charge in [0.25, 0.3) is 0 Å². The van der Waals surface area contributed by atoms with Gasteiger partial charge in [-0.3, -0.25) is 0 Å². The molecule has 0 bridgehead atoms. The van der Waals surface area contributed by atoms with Gasteiger partial charge in [0, 0.05) is 6.54 Å². The van der Waals surface area contributed by atoms with Gasteiger partial charge in [0.05, 0.1) is 6.54 Å². The molecule has 7 heteroatoms. The topological polar surface area (TPSA) is 56.7 Å². The van der Waals surface area contributed by atoms with E-state index in [2.05, 4.69) is 10.3 Å². The number of fused-ring (bicyclic) bond motifs is 1. The Bertz CT molecular complexity index is 803. The van der Waals surface area contributed by atoms with Crippen LogP contribution in [0.1, 0.15) is 17.0 Å². The summed E-state index contributed by atoms with van der Waals surface area (Å²) in [6.45, 7) is -0.312. The summed E-state index contributed by atoms with van der Waals surface area (Å²) < 4.78 is 40.4. The zero-order valence-electron chi connectivity index (χ0n) is 11.5. The number of halogens is 3. The van der Waals surface area contributed by atoms with Crippen LogP contribution in [0.25, 0.3) is 10.8 Å². The average molecular weight is 306 g/mol. The fourth-order valence-electron chi connectivity index (χ4n) is 2.50. The Morgan fingerprint density at radius 2 is 1.77 bits per heavy atom. The molecule has 0 spiro atoms. The Morgan fingerprint density at radius 1 is 1.05 bits per heavy atom. The molecule has 0 atom stereocenters. The van der Waals surface area contributed by atoms with Crippen LogP contribution in [-0.4, -0.2) is 15.0 Å². The summed E-state index contributed by atoms with van der Waals surface area (Å²) in [5.41, 5.74) is 4.95. The molecule has 0 aliphatic rings. The van der Waals surface area contributed by atoms with E-state index in [1.165, 1.54) is 0 Å². The molecule has 0 aliphatic heterocycles. The lowest BCUT2D eigenvalue weighted by molar-refractivity contribution is -0.144. The number of aromatic nitrogens is 3. The first-order valence-electron chi connectivity index (χ1n) is 6.67. The van der Waals surface area contributed by atoms with Crippen LogP contribution in [0.4, 0.5) is 13.2 Å². The number of rotatable bonds is 3. The lowest BCUT2D eigenvalue weighted by Gasteiger charge is -2.12. The first-order chi connectivity index (χ1) is 10.5. The predicted octanol–water partition coefficient (Wildman–Crippen LogP) is 2.96. The van der Waals surface area contributed by atoms with Gasteiger partial charge >= 0.3 is 6.18 Å². The minimum atomic E-state index is -4.54. The van der Waals surface area contributed by atoms with E-state index in [-0.39, 0.29) is 18.8 Å². The highest BCUT2D eigenvalue weighted by Gasteiger charge is 2.38. The second-order valence-electron chi connectivity index (χ2n) is 4.88. The zero-order chi connectivity index (χ0) is 15.7. The number of benzene rings is 2. The SMILES string of the molecule is NCc1nnn(Cc2cccc3ccccc23)c1C(F)(F)F. The van der Waals surface area contributed by atoms with Gasteiger partial charge in [0.15, 0.2) is 5.69 Å². The number of nitrogens with two attached hydrogens (primary N) is 1. The van der Waals surface area contributed by atoms with E-state index in [0.29, 0.717) is 0 Å². The van der Waals surface area contributed by atoms with E-state index in [1.807, 2.05) is 36.4 Å². The maximum atomic E-state index is 13.2. The third-order valence-corrected chi connectivity index (χ3v) is 3.47. The van der Waals surface area contributed by atoms with Gasteiger partial charge in [-0.25, -0.2) is 4.68 Å². The largest absolute Gasteiger partial charge is 0.434 e. The van der Waals surface area contributed by atoms with E-state index in [9.17, 15) is 13.2 Å². The molecule has 3 rings (SSSR count). The molecule has 4 nitrogen and oxygen atoms in total. The molecule has 2 N–H and O–H groups in total. The highest BCUT2D eigenvalue weighted by molar-refractivity contribution is 5.85. The van der Waals surface area contributed by atoms with Crippen molar-refractivity contribution in [2.75, 3.05) is 0 Å². The van der Waals surface area contributed by atoms with Crippen LogP contribution in [0.5, 0.6) is 0 Å². The quantitative estimate of drug-likeness (QED) is 0.809. The zero-order valence-corrected chi connectivity index (χ0v) is 11.5. The van der Waals surface area contributed by atoms with E-state index in [4.69, 9.17) is 5.73 Å². The molecule has 0 aliphatic carbocycles. The van der Waals surface area contributed by atoms with Crippen LogP contribution in [0.3, 0.4) is 0 Å². The Labute approximate surface area is 124 Å². The maximum Gasteiger partial charge on any atom is 0.434 e. The molecule has 0 saturated carbocycles. The van der Waals surface area contributed by atoms with Crippen molar-refractivity contribution in [3.05, 3.63) is 59.4 Å². The third kappa shape index (κ3) is 2.55. The van der Waals surface area contributed by atoms with Gasteiger partial charge in [0.1, 0.15) is 5.69 Å². The Morgan fingerprint density at radius 3 is 2.50 bits per heavy atom.